The fourth-order valence-corrected chi connectivity index (χ4v) is 2.52. The Morgan fingerprint density at radius 1 is 1.00 bits per heavy atom. The van der Waals surface area contributed by atoms with E-state index in [1.165, 1.54) is 18.2 Å². The normalized spacial score (nSPS) is 10.3. The van der Waals surface area contributed by atoms with Gasteiger partial charge in [-0.3, -0.25) is 0 Å². The van der Waals surface area contributed by atoms with E-state index in [0.717, 1.165) is 14.6 Å². The van der Waals surface area contributed by atoms with Crippen LogP contribution in [-0.4, -0.2) is 0 Å². The molecule has 0 heterocycles. The molecule has 2 nitrogen and oxygen atoms in total. The Balaban J connectivity index is 2.34. The number of nitrogens with one attached hydrogen (secondary N) is 1. The number of nitrogens with two attached hydrogens (primary N) is 1. The average molecular weight is 360 g/mol. The van der Waals surface area contributed by atoms with Crippen molar-refractivity contribution < 1.29 is 4.39 Å². The molecule has 0 aromatic heterocycles. The van der Waals surface area contributed by atoms with Crippen LogP contribution in [-0.2, 0) is 0 Å². The van der Waals surface area contributed by atoms with Gasteiger partial charge in [-0.05, 0) is 52.3 Å². The summed E-state index contributed by atoms with van der Waals surface area (Å²) >= 11 is 6.79. The van der Waals surface area contributed by atoms with E-state index in [4.69, 9.17) is 5.73 Å². The summed E-state index contributed by atoms with van der Waals surface area (Å²) in [7, 11) is 0. The van der Waals surface area contributed by atoms with Crippen molar-refractivity contribution in [2.75, 3.05) is 11.1 Å². The number of benzene rings is 2. The first-order valence-electron chi connectivity index (χ1n) is 4.83. The predicted molar refractivity (Wildman–Crippen MR) is 75.9 cm³/mol. The molecule has 0 aliphatic rings. The van der Waals surface area contributed by atoms with E-state index in [1.807, 2.05) is 18.2 Å². The third kappa shape index (κ3) is 2.98. The quantitative estimate of drug-likeness (QED) is 0.764. The van der Waals surface area contributed by atoms with E-state index in [1.54, 1.807) is 0 Å². The summed E-state index contributed by atoms with van der Waals surface area (Å²) < 4.78 is 14.9. The number of halogens is 3. The lowest BCUT2D eigenvalue weighted by Gasteiger charge is -2.11. The minimum absolute atomic E-state index is 0.324. The Bertz CT molecular complexity index is 558. The number of anilines is 3. The molecule has 88 valence electrons. The topological polar surface area (TPSA) is 38.0 Å². The van der Waals surface area contributed by atoms with Gasteiger partial charge in [0.15, 0.2) is 0 Å². The van der Waals surface area contributed by atoms with Crippen molar-refractivity contribution >= 4 is 48.9 Å². The zero-order valence-corrected chi connectivity index (χ0v) is 11.8. The summed E-state index contributed by atoms with van der Waals surface area (Å²) in [5, 5.41) is 3.08. The molecule has 0 radical (unpaired) electrons. The van der Waals surface area contributed by atoms with E-state index in [9.17, 15) is 4.39 Å². The summed E-state index contributed by atoms with van der Waals surface area (Å²) in [6, 6.07) is 9.89. The van der Waals surface area contributed by atoms with Crippen LogP contribution in [0.15, 0.2) is 45.3 Å². The minimum Gasteiger partial charge on any atom is -0.397 e. The van der Waals surface area contributed by atoms with Crippen molar-refractivity contribution in [2.45, 2.75) is 0 Å². The molecule has 0 atom stereocenters. The van der Waals surface area contributed by atoms with Crippen LogP contribution in [0, 0.1) is 5.82 Å². The Kier molecular flexibility index (Phi) is 3.69. The monoisotopic (exact) mass is 358 g/mol. The van der Waals surface area contributed by atoms with E-state index in [-0.39, 0.29) is 5.82 Å². The van der Waals surface area contributed by atoms with Crippen LogP contribution in [0.4, 0.5) is 21.5 Å². The molecule has 17 heavy (non-hydrogen) atoms. The molecule has 0 aliphatic carbocycles. The minimum atomic E-state index is -0.324. The second kappa shape index (κ2) is 5.06. The standard InChI is InChI=1S/C12H9Br2FN2/c13-7-1-4-11(9(14)5-7)17-12-6-8(15)2-3-10(12)16/h1-6,17H,16H2. The molecule has 5 heteroatoms. The van der Waals surface area contributed by atoms with Crippen molar-refractivity contribution in [3.05, 3.63) is 51.2 Å². The summed E-state index contributed by atoms with van der Waals surface area (Å²) in [5.41, 5.74) is 7.64. The maximum Gasteiger partial charge on any atom is 0.125 e. The number of hydrogen-bond donors (Lipinski definition) is 2. The van der Waals surface area contributed by atoms with Crippen molar-refractivity contribution in [1.29, 1.82) is 0 Å². The van der Waals surface area contributed by atoms with Gasteiger partial charge in [-0.2, -0.15) is 0 Å². The maximum atomic E-state index is 13.1. The van der Waals surface area contributed by atoms with Gasteiger partial charge in [-0.15, -0.1) is 0 Å². The van der Waals surface area contributed by atoms with Crippen LogP contribution in [0.3, 0.4) is 0 Å². The van der Waals surface area contributed by atoms with Gasteiger partial charge in [0.25, 0.3) is 0 Å². The van der Waals surface area contributed by atoms with Gasteiger partial charge in [-0.25, -0.2) is 4.39 Å². The predicted octanol–water partition coefficient (Wildman–Crippen LogP) is 4.68. The first-order valence-corrected chi connectivity index (χ1v) is 6.42. The van der Waals surface area contributed by atoms with Crippen LogP contribution in [0.1, 0.15) is 0 Å². The van der Waals surface area contributed by atoms with Crippen LogP contribution in [0.5, 0.6) is 0 Å². The molecule has 0 bridgehead atoms. The van der Waals surface area contributed by atoms with Crippen LogP contribution in [0.25, 0.3) is 0 Å². The first-order chi connectivity index (χ1) is 8.06. The van der Waals surface area contributed by atoms with Crippen LogP contribution >= 0.6 is 31.9 Å². The highest BCUT2D eigenvalue weighted by atomic mass is 79.9. The lowest BCUT2D eigenvalue weighted by molar-refractivity contribution is 0.628. The van der Waals surface area contributed by atoms with E-state index >= 15 is 0 Å². The molecule has 2 aromatic carbocycles. The molecule has 0 aliphatic heterocycles. The van der Waals surface area contributed by atoms with Crippen molar-refractivity contribution in [3.63, 3.8) is 0 Å². The molecular weight excluding hydrogens is 351 g/mol. The highest BCUT2D eigenvalue weighted by Crippen LogP contribution is 2.31. The van der Waals surface area contributed by atoms with Crippen LogP contribution in [0.2, 0.25) is 0 Å². The molecule has 0 spiro atoms. The number of nitrogen functional groups attached to an aromatic ring is 1. The summed E-state index contributed by atoms with van der Waals surface area (Å²) in [4.78, 5) is 0. The molecule has 2 rings (SSSR count). The zero-order valence-electron chi connectivity index (χ0n) is 8.68. The second-order valence-corrected chi connectivity index (χ2v) is 5.25. The lowest BCUT2D eigenvalue weighted by atomic mass is 10.2. The average Bonchev–Trinajstić information content (AvgIpc) is 2.27. The zero-order chi connectivity index (χ0) is 12.4. The van der Waals surface area contributed by atoms with Gasteiger partial charge in [-0.1, -0.05) is 15.9 Å². The summed E-state index contributed by atoms with van der Waals surface area (Å²) in [5.74, 6) is -0.324. The summed E-state index contributed by atoms with van der Waals surface area (Å²) in [6.45, 7) is 0. The van der Waals surface area contributed by atoms with Gasteiger partial charge >= 0.3 is 0 Å². The molecule has 0 amide bonds. The Labute approximate surface area is 115 Å². The lowest BCUT2D eigenvalue weighted by Crippen LogP contribution is -1.97. The fourth-order valence-electron chi connectivity index (χ4n) is 1.37. The highest BCUT2D eigenvalue weighted by Gasteiger charge is 2.05. The first kappa shape index (κ1) is 12.4. The number of rotatable bonds is 2. The Hall–Kier alpha value is -1.07. The second-order valence-electron chi connectivity index (χ2n) is 3.48. The van der Waals surface area contributed by atoms with Gasteiger partial charge in [0.2, 0.25) is 0 Å². The molecule has 0 saturated heterocycles. The van der Waals surface area contributed by atoms with Gasteiger partial charge < -0.3 is 11.1 Å². The van der Waals surface area contributed by atoms with Gasteiger partial charge in [0.05, 0.1) is 17.1 Å². The third-order valence-corrected chi connectivity index (χ3v) is 3.37. The third-order valence-electron chi connectivity index (χ3n) is 2.22. The maximum absolute atomic E-state index is 13.1. The van der Waals surface area contributed by atoms with Gasteiger partial charge in [0.1, 0.15) is 5.82 Å². The largest absolute Gasteiger partial charge is 0.397 e. The molecule has 0 saturated carbocycles. The van der Waals surface area contributed by atoms with E-state index in [0.29, 0.717) is 11.4 Å². The highest BCUT2D eigenvalue weighted by molar-refractivity contribution is 9.11. The smallest absolute Gasteiger partial charge is 0.125 e. The molecule has 0 fully saturated rings. The Morgan fingerprint density at radius 2 is 1.76 bits per heavy atom. The molecule has 2 aromatic rings. The molecule has 0 unspecified atom stereocenters. The van der Waals surface area contributed by atoms with Crippen molar-refractivity contribution in [2.24, 2.45) is 0 Å². The van der Waals surface area contributed by atoms with E-state index in [2.05, 4.69) is 37.2 Å². The van der Waals surface area contributed by atoms with Crippen molar-refractivity contribution in [1.82, 2.24) is 0 Å². The Morgan fingerprint density at radius 3 is 2.47 bits per heavy atom. The fraction of sp³-hybridized carbons (Fsp3) is 0. The van der Waals surface area contributed by atoms with Crippen molar-refractivity contribution in [3.8, 4) is 0 Å². The van der Waals surface area contributed by atoms with Crippen LogP contribution < -0.4 is 11.1 Å². The number of hydrogen-bond acceptors (Lipinski definition) is 2. The van der Waals surface area contributed by atoms with E-state index < -0.39 is 0 Å². The van der Waals surface area contributed by atoms with Gasteiger partial charge in [0, 0.05) is 8.95 Å². The SMILES string of the molecule is Nc1ccc(F)cc1Nc1ccc(Br)cc1Br. The molecule has 3 N–H and O–H groups in total. The molecular formula is C12H9Br2FN2. The summed E-state index contributed by atoms with van der Waals surface area (Å²) in [6.07, 6.45) is 0.